The third-order valence-electron chi connectivity index (χ3n) is 6.10. The first-order valence-corrected chi connectivity index (χ1v) is 12.2. The fourth-order valence-corrected chi connectivity index (χ4v) is 4.55. The third-order valence-corrected chi connectivity index (χ3v) is 6.10. The predicted octanol–water partition coefficient (Wildman–Crippen LogP) is 3.60. The van der Waals surface area contributed by atoms with Crippen LogP contribution in [-0.2, 0) is 12.8 Å². The number of rotatable bonds is 13. The molecule has 2 aromatic rings. The van der Waals surface area contributed by atoms with E-state index in [1.165, 1.54) is 0 Å². The van der Waals surface area contributed by atoms with Crippen molar-refractivity contribution in [3.63, 3.8) is 0 Å². The number of carbonyl (C=O) groups is 1. The summed E-state index contributed by atoms with van der Waals surface area (Å²) in [6.07, 6.45) is -2.56. The molecule has 0 aliphatic carbocycles. The van der Waals surface area contributed by atoms with Gasteiger partial charge in [-0.15, -0.1) is 0 Å². The number of hydrogen-bond donors (Lipinski definition) is 3. The highest BCUT2D eigenvalue weighted by Crippen LogP contribution is 2.37. The van der Waals surface area contributed by atoms with Gasteiger partial charge in [0, 0.05) is 37.8 Å². The van der Waals surface area contributed by atoms with Crippen LogP contribution in [0.3, 0.4) is 0 Å². The number of anilines is 1. The number of carbonyl (C=O) groups excluding carboxylic acids is 1. The molecule has 7 nitrogen and oxygen atoms in total. The number of nitrogens with zero attached hydrogens (tertiary/aromatic N) is 1. The van der Waals surface area contributed by atoms with E-state index < -0.39 is 24.5 Å². The normalized spacial score (nSPS) is 16.0. The highest BCUT2D eigenvalue weighted by molar-refractivity contribution is 6.00. The van der Waals surface area contributed by atoms with Crippen LogP contribution in [0.15, 0.2) is 30.3 Å². The Morgan fingerprint density at radius 3 is 2.68 bits per heavy atom. The zero-order valence-electron chi connectivity index (χ0n) is 20.9. The van der Waals surface area contributed by atoms with E-state index in [4.69, 9.17) is 15.2 Å². The molecule has 0 saturated heterocycles. The monoisotopic (exact) mass is 527 g/mol. The molecule has 0 fully saturated rings. The fraction of sp³-hybridized carbons (Fsp3) is 0.500. The molecule has 1 aliphatic rings. The van der Waals surface area contributed by atoms with Gasteiger partial charge in [-0.2, -0.15) is 13.2 Å². The van der Waals surface area contributed by atoms with Crippen molar-refractivity contribution in [3.8, 4) is 11.5 Å². The molecule has 1 heterocycles. The number of alkyl halides is 3. The molecule has 2 atom stereocenters. The van der Waals surface area contributed by atoms with Crippen LogP contribution in [-0.4, -0.2) is 62.2 Å². The van der Waals surface area contributed by atoms with Gasteiger partial charge in [-0.05, 0) is 62.4 Å². The summed E-state index contributed by atoms with van der Waals surface area (Å²) < 4.78 is 61.2. The Morgan fingerprint density at radius 1 is 1.24 bits per heavy atom. The number of nitrogens with one attached hydrogen (secondary N) is 1. The van der Waals surface area contributed by atoms with Crippen molar-refractivity contribution in [2.24, 2.45) is 5.73 Å². The largest absolute Gasteiger partial charge is 0.488 e. The fourth-order valence-electron chi connectivity index (χ4n) is 4.55. The van der Waals surface area contributed by atoms with Crippen LogP contribution >= 0.6 is 0 Å². The van der Waals surface area contributed by atoms with Gasteiger partial charge in [-0.1, -0.05) is 6.07 Å². The summed E-state index contributed by atoms with van der Waals surface area (Å²) in [6, 6.07) is 7.12. The van der Waals surface area contributed by atoms with Crippen molar-refractivity contribution < 1.29 is 36.9 Å². The number of aliphatic hydroxyl groups is 1. The number of benzene rings is 2. The smallest absolute Gasteiger partial charge is 0.422 e. The average molecular weight is 528 g/mol. The Morgan fingerprint density at radius 2 is 2.00 bits per heavy atom. The van der Waals surface area contributed by atoms with Crippen LogP contribution in [0.25, 0.3) is 0 Å². The standard InChI is InChI=1S/C26H33F4N3O4/c1-16(32-6-9-36-23-14-20(27)4-5-22(23)37-15-26(28,29)30)10-18-12-19-11-17(2)33(7-3-8-34)24(19)21(13-18)25(31)35/h4-5,12-14,16-17,32,34H,3,6-11,15H2,1-2H3,(H2,31,35). The highest BCUT2D eigenvalue weighted by atomic mass is 19.4. The number of amides is 1. The molecule has 1 aliphatic heterocycles. The lowest BCUT2D eigenvalue weighted by Crippen LogP contribution is -2.33. The average Bonchev–Trinajstić information content (AvgIpc) is 3.13. The number of primary amides is 1. The number of ether oxygens (including phenoxy) is 2. The maximum Gasteiger partial charge on any atom is 0.422 e. The van der Waals surface area contributed by atoms with E-state index in [2.05, 4.69) is 23.2 Å². The molecule has 1 amide bonds. The molecule has 2 unspecified atom stereocenters. The Balaban J connectivity index is 1.58. The quantitative estimate of drug-likeness (QED) is 0.272. The second-order valence-electron chi connectivity index (χ2n) is 9.24. The van der Waals surface area contributed by atoms with Gasteiger partial charge in [0.05, 0.1) is 11.3 Å². The lowest BCUT2D eigenvalue weighted by molar-refractivity contribution is -0.153. The first-order valence-electron chi connectivity index (χ1n) is 12.2. The van der Waals surface area contributed by atoms with Crippen molar-refractivity contribution in [2.75, 3.05) is 37.8 Å². The zero-order chi connectivity index (χ0) is 27.2. The minimum absolute atomic E-state index is 0.0276. The van der Waals surface area contributed by atoms with Crippen LogP contribution < -0.4 is 25.4 Å². The molecule has 11 heteroatoms. The minimum atomic E-state index is -4.52. The summed E-state index contributed by atoms with van der Waals surface area (Å²) in [5, 5.41) is 12.5. The molecule has 204 valence electrons. The van der Waals surface area contributed by atoms with Crippen molar-refractivity contribution >= 4 is 11.6 Å². The first-order chi connectivity index (χ1) is 17.5. The van der Waals surface area contributed by atoms with E-state index in [9.17, 15) is 27.5 Å². The molecule has 0 saturated carbocycles. The predicted molar refractivity (Wildman–Crippen MR) is 132 cm³/mol. The van der Waals surface area contributed by atoms with Crippen molar-refractivity contribution in [3.05, 3.63) is 52.8 Å². The summed E-state index contributed by atoms with van der Waals surface area (Å²) in [5.74, 6) is -1.45. The van der Waals surface area contributed by atoms with E-state index in [1.807, 2.05) is 6.92 Å². The van der Waals surface area contributed by atoms with Gasteiger partial charge in [0.1, 0.15) is 12.4 Å². The van der Waals surface area contributed by atoms with E-state index in [0.29, 0.717) is 31.5 Å². The van der Waals surface area contributed by atoms with Gasteiger partial charge in [-0.3, -0.25) is 4.79 Å². The Labute approximate surface area is 213 Å². The van der Waals surface area contributed by atoms with Gasteiger partial charge in [-0.25, -0.2) is 4.39 Å². The number of halogens is 4. The molecular formula is C26H33F4N3O4. The van der Waals surface area contributed by atoms with E-state index in [-0.39, 0.29) is 36.8 Å². The summed E-state index contributed by atoms with van der Waals surface area (Å²) in [7, 11) is 0. The topological polar surface area (TPSA) is 97.1 Å². The summed E-state index contributed by atoms with van der Waals surface area (Å²) in [4.78, 5) is 14.4. The van der Waals surface area contributed by atoms with Gasteiger partial charge in [0.15, 0.2) is 18.1 Å². The van der Waals surface area contributed by atoms with Crippen LogP contribution in [0.2, 0.25) is 0 Å². The Kier molecular flexibility index (Phi) is 9.61. The van der Waals surface area contributed by atoms with Gasteiger partial charge < -0.3 is 30.5 Å². The van der Waals surface area contributed by atoms with Gasteiger partial charge in [0.25, 0.3) is 5.91 Å². The number of hydrogen-bond acceptors (Lipinski definition) is 6. The second-order valence-corrected chi connectivity index (χ2v) is 9.24. The van der Waals surface area contributed by atoms with Crippen LogP contribution in [0, 0.1) is 5.82 Å². The van der Waals surface area contributed by atoms with Crippen LogP contribution in [0.5, 0.6) is 11.5 Å². The molecule has 0 spiro atoms. The third kappa shape index (κ3) is 7.96. The van der Waals surface area contributed by atoms with Crippen LogP contribution in [0.4, 0.5) is 23.2 Å². The van der Waals surface area contributed by atoms with E-state index in [0.717, 1.165) is 41.4 Å². The lowest BCUT2D eigenvalue weighted by atomic mass is 9.97. The van der Waals surface area contributed by atoms with Crippen molar-refractivity contribution in [1.29, 1.82) is 0 Å². The molecular weight excluding hydrogens is 494 g/mol. The Hall–Kier alpha value is -3.05. The summed E-state index contributed by atoms with van der Waals surface area (Å²) >= 11 is 0. The number of nitrogens with two attached hydrogens (primary N) is 1. The zero-order valence-corrected chi connectivity index (χ0v) is 20.9. The Bertz CT molecular complexity index is 1080. The maximum atomic E-state index is 13.6. The maximum absolute atomic E-state index is 13.6. The van der Waals surface area contributed by atoms with Crippen LogP contribution in [0.1, 0.15) is 41.8 Å². The second kappa shape index (κ2) is 12.5. The van der Waals surface area contributed by atoms with Gasteiger partial charge in [0.2, 0.25) is 0 Å². The number of fused-ring (bicyclic) bond motifs is 1. The van der Waals surface area contributed by atoms with Crippen molar-refractivity contribution in [1.82, 2.24) is 5.32 Å². The van der Waals surface area contributed by atoms with Crippen molar-refractivity contribution in [2.45, 2.75) is 51.4 Å². The molecule has 0 radical (unpaired) electrons. The molecule has 0 aromatic heterocycles. The molecule has 2 aromatic carbocycles. The molecule has 4 N–H and O–H groups in total. The van der Waals surface area contributed by atoms with Gasteiger partial charge >= 0.3 is 6.18 Å². The highest BCUT2D eigenvalue weighted by Gasteiger charge is 2.31. The van der Waals surface area contributed by atoms with E-state index >= 15 is 0 Å². The molecule has 3 rings (SSSR count). The SMILES string of the molecule is CC(Cc1cc2c(c(C(N)=O)c1)N(CCCO)C(C)C2)NCCOc1cc(F)ccc1OCC(F)(F)F. The minimum Gasteiger partial charge on any atom is -0.488 e. The molecule has 0 bridgehead atoms. The summed E-state index contributed by atoms with van der Waals surface area (Å²) in [6.45, 7) is 3.64. The summed E-state index contributed by atoms with van der Waals surface area (Å²) in [5.41, 5.74) is 8.99. The lowest BCUT2D eigenvalue weighted by Gasteiger charge is -2.26. The number of aliphatic hydroxyl groups excluding tert-OH is 1. The first kappa shape index (κ1) is 28.5. The van der Waals surface area contributed by atoms with E-state index in [1.54, 1.807) is 6.07 Å². The molecule has 37 heavy (non-hydrogen) atoms.